The van der Waals surface area contributed by atoms with Crippen LogP contribution in [0.5, 0.6) is 0 Å². The van der Waals surface area contributed by atoms with Gasteiger partial charge in [-0.2, -0.15) is 11.3 Å². The Morgan fingerprint density at radius 1 is 1.18 bits per heavy atom. The standard InChI is InChI=1S/C15H27N3O2S.HI/c1-3-4-7-19-9-10-20-8-6-17-15(16-2)18-12-14-5-11-21-13-14;/h5,11,13H,3-4,6-10,12H2,1-2H3,(H2,16,17,18);1H. The van der Waals surface area contributed by atoms with E-state index >= 15 is 0 Å². The van der Waals surface area contributed by atoms with Crippen molar-refractivity contribution in [3.8, 4) is 0 Å². The van der Waals surface area contributed by atoms with E-state index in [1.807, 2.05) is 0 Å². The van der Waals surface area contributed by atoms with Crippen LogP contribution in [0.3, 0.4) is 0 Å². The number of halogens is 1. The Bertz CT molecular complexity index is 375. The van der Waals surface area contributed by atoms with E-state index in [0.717, 1.165) is 32.1 Å². The molecule has 0 spiro atoms. The maximum atomic E-state index is 5.49. The third-order valence-electron chi connectivity index (χ3n) is 2.82. The zero-order valence-corrected chi connectivity index (χ0v) is 16.6. The molecule has 128 valence electrons. The number of aliphatic imine (C=N–C) groups is 1. The SMILES string of the molecule is CCCCOCCOCCNC(=NC)NCc1ccsc1.I. The molecular weight excluding hydrogens is 413 g/mol. The predicted molar refractivity (Wildman–Crippen MR) is 104 cm³/mol. The summed E-state index contributed by atoms with van der Waals surface area (Å²) >= 11 is 1.70. The molecular formula is C15H28IN3O2S. The van der Waals surface area contributed by atoms with Gasteiger partial charge in [-0.1, -0.05) is 13.3 Å². The first-order chi connectivity index (χ1) is 10.4. The summed E-state index contributed by atoms with van der Waals surface area (Å²) in [6.07, 6.45) is 2.29. The van der Waals surface area contributed by atoms with Gasteiger partial charge in [0.15, 0.2) is 5.96 Å². The minimum absolute atomic E-state index is 0. The Morgan fingerprint density at radius 3 is 2.59 bits per heavy atom. The molecule has 1 heterocycles. The molecule has 7 heteroatoms. The molecule has 2 N–H and O–H groups in total. The molecule has 1 aromatic heterocycles. The maximum absolute atomic E-state index is 5.49. The lowest BCUT2D eigenvalue weighted by molar-refractivity contribution is 0.0487. The second kappa shape index (κ2) is 15.5. The van der Waals surface area contributed by atoms with Crippen LogP contribution in [-0.2, 0) is 16.0 Å². The molecule has 5 nitrogen and oxygen atoms in total. The number of ether oxygens (including phenoxy) is 2. The number of guanidine groups is 1. The zero-order chi connectivity index (χ0) is 15.2. The number of hydrogen-bond acceptors (Lipinski definition) is 4. The summed E-state index contributed by atoms with van der Waals surface area (Å²) in [6.45, 7) is 6.48. The normalized spacial score (nSPS) is 11.1. The van der Waals surface area contributed by atoms with Gasteiger partial charge in [-0.25, -0.2) is 0 Å². The second-order valence-electron chi connectivity index (χ2n) is 4.56. The lowest BCUT2D eigenvalue weighted by Gasteiger charge is -2.11. The molecule has 0 unspecified atom stereocenters. The van der Waals surface area contributed by atoms with Crippen LogP contribution < -0.4 is 10.6 Å². The van der Waals surface area contributed by atoms with Crippen molar-refractivity contribution in [3.63, 3.8) is 0 Å². The minimum Gasteiger partial charge on any atom is -0.379 e. The Labute approximate surface area is 154 Å². The van der Waals surface area contributed by atoms with Gasteiger partial charge in [-0.15, -0.1) is 24.0 Å². The molecule has 0 aliphatic heterocycles. The van der Waals surface area contributed by atoms with Crippen LogP contribution in [0.15, 0.2) is 21.8 Å². The second-order valence-corrected chi connectivity index (χ2v) is 5.34. The van der Waals surface area contributed by atoms with E-state index in [-0.39, 0.29) is 24.0 Å². The molecule has 1 rings (SSSR count). The van der Waals surface area contributed by atoms with Crippen LogP contribution in [0.2, 0.25) is 0 Å². The molecule has 22 heavy (non-hydrogen) atoms. The van der Waals surface area contributed by atoms with Gasteiger partial charge in [0.05, 0.1) is 19.8 Å². The fourth-order valence-corrected chi connectivity index (χ4v) is 2.28. The van der Waals surface area contributed by atoms with Crippen LogP contribution >= 0.6 is 35.3 Å². The quantitative estimate of drug-likeness (QED) is 0.240. The van der Waals surface area contributed by atoms with Crippen LogP contribution in [0.1, 0.15) is 25.3 Å². The minimum atomic E-state index is 0. The molecule has 0 bridgehead atoms. The molecule has 0 aliphatic rings. The number of unbranched alkanes of at least 4 members (excludes halogenated alkanes) is 1. The van der Waals surface area contributed by atoms with Crippen LogP contribution in [0, 0.1) is 0 Å². The van der Waals surface area contributed by atoms with E-state index in [4.69, 9.17) is 9.47 Å². The lowest BCUT2D eigenvalue weighted by Crippen LogP contribution is -2.38. The van der Waals surface area contributed by atoms with Crippen molar-refractivity contribution in [2.75, 3.05) is 40.0 Å². The smallest absolute Gasteiger partial charge is 0.191 e. The van der Waals surface area contributed by atoms with Gasteiger partial charge in [0.1, 0.15) is 0 Å². The van der Waals surface area contributed by atoms with Crippen LogP contribution in [-0.4, -0.2) is 46.0 Å². The number of thiophene rings is 1. The van der Waals surface area contributed by atoms with Crippen molar-refractivity contribution < 1.29 is 9.47 Å². The summed E-state index contributed by atoms with van der Waals surface area (Å²) in [4.78, 5) is 4.17. The Kier molecular flexibility index (Phi) is 15.2. The van der Waals surface area contributed by atoms with E-state index in [9.17, 15) is 0 Å². The molecule has 0 amide bonds. The number of rotatable bonds is 11. The molecule has 0 radical (unpaired) electrons. The van der Waals surface area contributed by atoms with Crippen molar-refractivity contribution in [2.45, 2.75) is 26.3 Å². The molecule has 0 aliphatic carbocycles. The van der Waals surface area contributed by atoms with Crippen LogP contribution in [0.25, 0.3) is 0 Å². The number of hydrogen-bond donors (Lipinski definition) is 2. The molecule has 1 aromatic rings. The maximum Gasteiger partial charge on any atom is 0.191 e. The fraction of sp³-hybridized carbons (Fsp3) is 0.667. The van der Waals surface area contributed by atoms with Gasteiger partial charge in [0.2, 0.25) is 0 Å². The highest BCUT2D eigenvalue weighted by molar-refractivity contribution is 14.0. The van der Waals surface area contributed by atoms with E-state index in [1.165, 1.54) is 12.0 Å². The third kappa shape index (κ3) is 11.2. The fourth-order valence-electron chi connectivity index (χ4n) is 1.61. The Hall–Kier alpha value is -0.380. The molecule has 0 saturated carbocycles. The summed E-state index contributed by atoms with van der Waals surface area (Å²) in [5.74, 6) is 0.795. The first-order valence-corrected chi connectivity index (χ1v) is 8.42. The molecule has 0 aromatic carbocycles. The van der Waals surface area contributed by atoms with E-state index in [1.54, 1.807) is 18.4 Å². The summed E-state index contributed by atoms with van der Waals surface area (Å²) in [7, 11) is 1.77. The Balaban J connectivity index is 0.00000441. The van der Waals surface area contributed by atoms with Crippen molar-refractivity contribution in [1.29, 1.82) is 0 Å². The van der Waals surface area contributed by atoms with E-state index in [2.05, 4.69) is 39.4 Å². The van der Waals surface area contributed by atoms with Gasteiger partial charge < -0.3 is 20.1 Å². The highest BCUT2D eigenvalue weighted by Crippen LogP contribution is 2.04. The third-order valence-corrected chi connectivity index (χ3v) is 3.55. The Morgan fingerprint density at radius 2 is 1.95 bits per heavy atom. The van der Waals surface area contributed by atoms with Gasteiger partial charge in [-0.05, 0) is 28.8 Å². The molecule has 0 atom stereocenters. The first kappa shape index (κ1) is 21.6. The lowest BCUT2D eigenvalue weighted by atomic mass is 10.3. The van der Waals surface area contributed by atoms with Gasteiger partial charge in [0.25, 0.3) is 0 Å². The summed E-state index contributed by atoms with van der Waals surface area (Å²) in [5, 5.41) is 10.7. The largest absolute Gasteiger partial charge is 0.379 e. The summed E-state index contributed by atoms with van der Waals surface area (Å²) in [5.41, 5.74) is 1.27. The average molecular weight is 441 g/mol. The van der Waals surface area contributed by atoms with Crippen LogP contribution in [0.4, 0.5) is 0 Å². The number of nitrogens with one attached hydrogen (secondary N) is 2. The van der Waals surface area contributed by atoms with Crippen molar-refractivity contribution in [2.24, 2.45) is 4.99 Å². The van der Waals surface area contributed by atoms with Gasteiger partial charge in [-0.3, -0.25) is 4.99 Å². The number of nitrogens with zero attached hydrogens (tertiary/aromatic N) is 1. The van der Waals surface area contributed by atoms with Gasteiger partial charge in [0, 0.05) is 26.7 Å². The van der Waals surface area contributed by atoms with Gasteiger partial charge >= 0.3 is 0 Å². The van der Waals surface area contributed by atoms with E-state index in [0.29, 0.717) is 19.8 Å². The van der Waals surface area contributed by atoms with Crippen molar-refractivity contribution in [1.82, 2.24) is 10.6 Å². The molecule has 0 fully saturated rings. The topological polar surface area (TPSA) is 54.9 Å². The van der Waals surface area contributed by atoms with Crippen molar-refractivity contribution in [3.05, 3.63) is 22.4 Å². The monoisotopic (exact) mass is 441 g/mol. The average Bonchev–Trinajstić information content (AvgIpc) is 3.02. The van der Waals surface area contributed by atoms with E-state index < -0.39 is 0 Å². The molecule has 0 saturated heterocycles. The highest BCUT2D eigenvalue weighted by Gasteiger charge is 1.98. The predicted octanol–water partition coefficient (Wildman–Crippen LogP) is 2.86. The summed E-state index contributed by atoms with van der Waals surface area (Å²) in [6, 6.07) is 2.10. The first-order valence-electron chi connectivity index (χ1n) is 7.48. The highest BCUT2D eigenvalue weighted by atomic mass is 127. The zero-order valence-electron chi connectivity index (χ0n) is 13.5. The van der Waals surface area contributed by atoms with Crippen molar-refractivity contribution >= 4 is 41.3 Å². The summed E-state index contributed by atoms with van der Waals surface area (Å²) < 4.78 is 10.9.